The molecule has 0 amide bonds. The van der Waals surface area contributed by atoms with E-state index < -0.39 is 0 Å². The number of hydrogen-bond donors (Lipinski definition) is 1. The molecule has 2 rings (SSSR count). The Balaban J connectivity index is 2.01. The lowest BCUT2D eigenvalue weighted by atomic mass is 10.1. The molecule has 0 bridgehead atoms. The Morgan fingerprint density at radius 1 is 1.37 bits per heavy atom. The normalized spacial score (nSPS) is 20.9. The third kappa shape index (κ3) is 4.02. The Hall–Kier alpha value is -0.930. The van der Waals surface area contributed by atoms with Crippen LogP contribution in [0.3, 0.4) is 0 Å². The zero-order valence-corrected chi connectivity index (χ0v) is 12.0. The van der Waals surface area contributed by atoms with Crippen molar-refractivity contribution in [3.8, 4) is 0 Å². The van der Waals surface area contributed by atoms with Crippen molar-refractivity contribution < 1.29 is 4.39 Å². The van der Waals surface area contributed by atoms with Crippen molar-refractivity contribution in [3.05, 3.63) is 35.6 Å². The van der Waals surface area contributed by atoms with Crippen LogP contribution in [0.4, 0.5) is 4.39 Å². The quantitative estimate of drug-likeness (QED) is 0.847. The summed E-state index contributed by atoms with van der Waals surface area (Å²) < 4.78 is 13.0. The maximum atomic E-state index is 13.0. The number of nitrogens with one attached hydrogen (secondary N) is 1. The van der Waals surface area contributed by atoms with E-state index in [9.17, 15) is 4.39 Å². The largest absolute Gasteiger partial charge is 0.313 e. The highest BCUT2D eigenvalue weighted by Gasteiger charge is 2.21. The van der Waals surface area contributed by atoms with Crippen molar-refractivity contribution in [2.24, 2.45) is 0 Å². The smallest absolute Gasteiger partial charge is 0.123 e. The monoisotopic (exact) mass is 264 g/mol. The van der Waals surface area contributed by atoms with Gasteiger partial charge in [-0.25, -0.2) is 4.39 Å². The fraction of sp³-hybridized carbons (Fsp3) is 0.625. The molecule has 2 nitrogen and oxygen atoms in total. The predicted octanol–water partition coefficient (Wildman–Crippen LogP) is 3.35. The van der Waals surface area contributed by atoms with Crippen molar-refractivity contribution in [1.82, 2.24) is 10.2 Å². The highest BCUT2D eigenvalue weighted by atomic mass is 19.1. The van der Waals surface area contributed by atoms with Gasteiger partial charge < -0.3 is 5.32 Å². The van der Waals surface area contributed by atoms with Crippen LogP contribution in [0, 0.1) is 5.82 Å². The summed E-state index contributed by atoms with van der Waals surface area (Å²) in [6.07, 6.45) is 3.71. The van der Waals surface area contributed by atoms with Gasteiger partial charge in [-0.15, -0.1) is 0 Å². The minimum absolute atomic E-state index is 0.157. The number of hydrogen-bond acceptors (Lipinski definition) is 2. The molecule has 2 atom stereocenters. The summed E-state index contributed by atoms with van der Waals surface area (Å²) in [6, 6.07) is 7.90. The summed E-state index contributed by atoms with van der Waals surface area (Å²) in [6.45, 7) is 7.77. The van der Waals surface area contributed by atoms with Crippen LogP contribution in [0.1, 0.15) is 44.7 Å². The molecule has 0 radical (unpaired) electrons. The van der Waals surface area contributed by atoms with Gasteiger partial charge in [-0.1, -0.05) is 19.1 Å². The SMILES string of the molecule is CCCN(CC1CCCN1)C(C)c1ccc(F)cc1. The van der Waals surface area contributed by atoms with E-state index in [0.29, 0.717) is 12.1 Å². The molecule has 0 aliphatic carbocycles. The zero-order chi connectivity index (χ0) is 13.7. The van der Waals surface area contributed by atoms with Crippen LogP contribution in [-0.4, -0.2) is 30.6 Å². The van der Waals surface area contributed by atoms with Crippen molar-refractivity contribution in [3.63, 3.8) is 0 Å². The first-order valence-electron chi connectivity index (χ1n) is 7.43. The van der Waals surface area contributed by atoms with Crippen molar-refractivity contribution in [1.29, 1.82) is 0 Å². The van der Waals surface area contributed by atoms with Crippen LogP contribution in [0.5, 0.6) is 0 Å². The average Bonchev–Trinajstić information content (AvgIpc) is 2.91. The molecule has 1 N–H and O–H groups in total. The molecule has 2 unspecified atom stereocenters. The third-order valence-corrected chi connectivity index (χ3v) is 4.03. The van der Waals surface area contributed by atoms with Crippen LogP contribution >= 0.6 is 0 Å². The fourth-order valence-corrected chi connectivity index (χ4v) is 2.88. The lowest BCUT2D eigenvalue weighted by Gasteiger charge is -2.31. The van der Waals surface area contributed by atoms with Crippen molar-refractivity contribution in [2.75, 3.05) is 19.6 Å². The molecule has 1 saturated heterocycles. The molecule has 0 aromatic heterocycles. The Kier molecular flexibility index (Phi) is 5.34. The molecule has 0 spiro atoms. The van der Waals surface area contributed by atoms with Crippen LogP contribution in [0.25, 0.3) is 0 Å². The molecule has 1 fully saturated rings. The highest BCUT2D eigenvalue weighted by Crippen LogP contribution is 2.22. The van der Waals surface area contributed by atoms with Gasteiger partial charge in [-0.2, -0.15) is 0 Å². The predicted molar refractivity (Wildman–Crippen MR) is 77.7 cm³/mol. The molecule has 19 heavy (non-hydrogen) atoms. The number of rotatable bonds is 6. The molecule has 1 aliphatic rings. The summed E-state index contributed by atoms with van der Waals surface area (Å²) in [5.74, 6) is -0.157. The molecule has 1 heterocycles. The standard InChI is InChI=1S/C16H25FN2/c1-3-11-19(12-16-5-4-10-18-16)13(2)14-6-8-15(17)9-7-14/h6-9,13,16,18H,3-5,10-12H2,1-2H3. The number of nitrogens with zero attached hydrogens (tertiary/aromatic N) is 1. The van der Waals surface area contributed by atoms with Gasteiger partial charge in [-0.3, -0.25) is 4.90 Å². The summed E-state index contributed by atoms with van der Waals surface area (Å²) >= 11 is 0. The van der Waals surface area contributed by atoms with E-state index >= 15 is 0 Å². The molecule has 3 heteroatoms. The van der Waals surface area contributed by atoms with Crippen LogP contribution < -0.4 is 5.32 Å². The summed E-state index contributed by atoms with van der Waals surface area (Å²) in [5.41, 5.74) is 1.20. The van der Waals surface area contributed by atoms with Gasteiger partial charge in [0.15, 0.2) is 0 Å². The van der Waals surface area contributed by atoms with Gasteiger partial charge >= 0.3 is 0 Å². The van der Waals surface area contributed by atoms with Crippen LogP contribution in [0.2, 0.25) is 0 Å². The molecule has 0 saturated carbocycles. The molecular formula is C16H25FN2. The first-order valence-corrected chi connectivity index (χ1v) is 7.43. The van der Waals surface area contributed by atoms with Gasteiger partial charge in [0.2, 0.25) is 0 Å². The van der Waals surface area contributed by atoms with E-state index in [4.69, 9.17) is 0 Å². The van der Waals surface area contributed by atoms with E-state index in [1.807, 2.05) is 12.1 Å². The Morgan fingerprint density at radius 3 is 2.68 bits per heavy atom. The van der Waals surface area contributed by atoms with Gasteiger partial charge in [0.05, 0.1) is 0 Å². The maximum absolute atomic E-state index is 13.0. The Labute approximate surface area is 116 Å². The van der Waals surface area contributed by atoms with E-state index in [2.05, 4.69) is 24.1 Å². The Morgan fingerprint density at radius 2 is 2.11 bits per heavy atom. The van der Waals surface area contributed by atoms with Crippen LogP contribution in [0.15, 0.2) is 24.3 Å². The first kappa shape index (κ1) is 14.5. The average molecular weight is 264 g/mol. The summed E-state index contributed by atoms with van der Waals surface area (Å²) in [5, 5.41) is 3.56. The number of halogens is 1. The second kappa shape index (κ2) is 7.01. The lowest BCUT2D eigenvalue weighted by Crippen LogP contribution is -2.39. The van der Waals surface area contributed by atoms with E-state index in [-0.39, 0.29) is 5.82 Å². The zero-order valence-electron chi connectivity index (χ0n) is 12.0. The Bertz CT molecular complexity index is 371. The molecule has 106 valence electrons. The maximum Gasteiger partial charge on any atom is 0.123 e. The van der Waals surface area contributed by atoms with E-state index in [0.717, 1.165) is 26.1 Å². The van der Waals surface area contributed by atoms with Crippen LogP contribution in [-0.2, 0) is 0 Å². The minimum Gasteiger partial charge on any atom is -0.313 e. The first-order chi connectivity index (χ1) is 9.20. The lowest BCUT2D eigenvalue weighted by molar-refractivity contribution is 0.192. The van der Waals surface area contributed by atoms with Gasteiger partial charge in [0, 0.05) is 18.6 Å². The second-order valence-electron chi connectivity index (χ2n) is 5.52. The molecule has 1 aromatic carbocycles. The van der Waals surface area contributed by atoms with Gasteiger partial charge in [0.1, 0.15) is 5.82 Å². The topological polar surface area (TPSA) is 15.3 Å². The van der Waals surface area contributed by atoms with Gasteiger partial charge in [-0.05, 0) is 57.0 Å². The highest BCUT2D eigenvalue weighted by molar-refractivity contribution is 5.19. The summed E-state index contributed by atoms with van der Waals surface area (Å²) in [4.78, 5) is 2.51. The van der Waals surface area contributed by atoms with E-state index in [1.165, 1.54) is 18.4 Å². The fourth-order valence-electron chi connectivity index (χ4n) is 2.88. The third-order valence-electron chi connectivity index (χ3n) is 4.03. The number of benzene rings is 1. The summed E-state index contributed by atoms with van der Waals surface area (Å²) in [7, 11) is 0. The molecule has 1 aromatic rings. The van der Waals surface area contributed by atoms with Crippen molar-refractivity contribution in [2.45, 2.75) is 45.2 Å². The van der Waals surface area contributed by atoms with Gasteiger partial charge in [0.25, 0.3) is 0 Å². The molecular weight excluding hydrogens is 239 g/mol. The van der Waals surface area contributed by atoms with E-state index in [1.54, 1.807) is 12.1 Å². The van der Waals surface area contributed by atoms with Crippen molar-refractivity contribution >= 4 is 0 Å². The minimum atomic E-state index is -0.157. The molecule has 1 aliphatic heterocycles. The second-order valence-corrected chi connectivity index (χ2v) is 5.52.